The van der Waals surface area contributed by atoms with Gasteiger partial charge in [0.05, 0.1) is 0 Å². The maximum Gasteiger partial charge on any atom is 0.0326 e. The highest BCUT2D eigenvalue weighted by molar-refractivity contribution is 5.71. The molecule has 0 aliphatic heterocycles. The van der Waals surface area contributed by atoms with Gasteiger partial charge < -0.3 is 5.32 Å². The molecular weight excluding hydrogens is 242 g/mol. The first-order chi connectivity index (χ1) is 9.69. The predicted octanol–water partition coefficient (Wildman–Crippen LogP) is 4.57. The normalized spacial score (nSPS) is 17.2. The van der Waals surface area contributed by atoms with E-state index in [0.29, 0.717) is 6.04 Å². The molecule has 1 heteroatoms. The Morgan fingerprint density at radius 2 is 1.85 bits per heavy atom. The lowest BCUT2D eigenvalue weighted by Gasteiger charge is -2.14. The lowest BCUT2D eigenvalue weighted by atomic mass is 9.94. The van der Waals surface area contributed by atoms with Crippen LogP contribution in [0.3, 0.4) is 0 Å². The standard InChI is InChI=1S/C19H23N/c1-4-20-19-9-8-17-16(6-5-7-18(17)19)15-11-13(2)10-14(3)12-15/h5-7,10-12,19-20H,4,8-9H2,1-3H3. The molecule has 1 N–H and O–H groups in total. The van der Waals surface area contributed by atoms with Crippen LogP contribution in [0, 0.1) is 13.8 Å². The van der Waals surface area contributed by atoms with E-state index in [4.69, 9.17) is 0 Å². The van der Waals surface area contributed by atoms with Crippen molar-refractivity contribution >= 4 is 0 Å². The highest BCUT2D eigenvalue weighted by Crippen LogP contribution is 2.38. The molecule has 2 aromatic carbocycles. The third kappa shape index (κ3) is 2.38. The summed E-state index contributed by atoms with van der Waals surface area (Å²) in [7, 11) is 0. The van der Waals surface area contributed by atoms with Crippen LogP contribution in [0.4, 0.5) is 0 Å². The number of aryl methyl sites for hydroxylation is 2. The fourth-order valence-corrected chi connectivity index (χ4v) is 3.51. The predicted molar refractivity (Wildman–Crippen MR) is 86.1 cm³/mol. The second-order valence-corrected chi connectivity index (χ2v) is 5.90. The number of hydrogen-bond acceptors (Lipinski definition) is 1. The topological polar surface area (TPSA) is 12.0 Å². The summed E-state index contributed by atoms with van der Waals surface area (Å²) >= 11 is 0. The van der Waals surface area contributed by atoms with Crippen LogP contribution in [0.25, 0.3) is 11.1 Å². The number of fused-ring (bicyclic) bond motifs is 1. The summed E-state index contributed by atoms with van der Waals surface area (Å²) < 4.78 is 0. The molecule has 0 spiro atoms. The van der Waals surface area contributed by atoms with E-state index in [-0.39, 0.29) is 0 Å². The summed E-state index contributed by atoms with van der Waals surface area (Å²) in [6.07, 6.45) is 2.42. The zero-order chi connectivity index (χ0) is 14.1. The summed E-state index contributed by atoms with van der Waals surface area (Å²) in [4.78, 5) is 0. The van der Waals surface area contributed by atoms with Crippen LogP contribution < -0.4 is 5.32 Å². The van der Waals surface area contributed by atoms with Gasteiger partial charge in [-0.2, -0.15) is 0 Å². The van der Waals surface area contributed by atoms with Crippen LogP contribution in [0.1, 0.15) is 41.6 Å². The highest BCUT2D eigenvalue weighted by Gasteiger charge is 2.23. The van der Waals surface area contributed by atoms with Crippen molar-refractivity contribution in [2.45, 2.75) is 39.7 Å². The van der Waals surface area contributed by atoms with E-state index in [1.807, 2.05) is 0 Å². The molecule has 0 amide bonds. The molecule has 1 unspecified atom stereocenters. The van der Waals surface area contributed by atoms with Crippen LogP contribution >= 0.6 is 0 Å². The average Bonchev–Trinajstić information content (AvgIpc) is 2.81. The molecule has 1 aliphatic rings. The van der Waals surface area contributed by atoms with E-state index in [0.717, 1.165) is 6.54 Å². The van der Waals surface area contributed by atoms with Gasteiger partial charge in [-0.1, -0.05) is 54.4 Å². The second-order valence-electron chi connectivity index (χ2n) is 5.90. The van der Waals surface area contributed by atoms with Crippen molar-refractivity contribution in [3.05, 3.63) is 58.7 Å². The molecule has 0 fully saturated rings. The number of benzene rings is 2. The summed E-state index contributed by atoms with van der Waals surface area (Å²) in [5.74, 6) is 0. The summed E-state index contributed by atoms with van der Waals surface area (Å²) in [6.45, 7) is 7.59. The van der Waals surface area contributed by atoms with E-state index in [9.17, 15) is 0 Å². The first-order valence-corrected chi connectivity index (χ1v) is 7.63. The Hall–Kier alpha value is -1.60. The Morgan fingerprint density at radius 1 is 1.10 bits per heavy atom. The Kier molecular flexibility index (Phi) is 3.62. The molecule has 1 aliphatic carbocycles. The smallest absolute Gasteiger partial charge is 0.0326 e. The van der Waals surface area contributed by atoms with E-state index < -0.39 is 0 Å². The third-order valence-corrected chi connectivity index (χ3v) is 4.25. The van der Waals surface area contributed by atoms with Crippen molar-refractivity contribution in [2.24, 2.45) is 0 Å². The van der Waals surface area contributed by atoms with Crippen molar-refractivity contribution in [3.8, 4) is 11.1 Å². The fourth-order valence-electron chi connectivity index (χ4n) is 3.51. The van der Waals surface area contributed by atoms with E-state index >= 15 is 0 Å². The van der Waals surface area contributed by atoms with Crippen LogP contribution in [0.5, 0.6) is 0 Å². The first kappa shape index (κ1) is 13.4. The molecule has 20 heavy (non-hydrogen) atoms. The number of nitrogens with one attached hydrogen (secondary N) is 1. The largest absolute Gasteiger partial charge is 0.310 e. The summed E-state index contributed by atoms with van der Waals surface area (Å²) in [5.41, 5.74) is 8.54. The van der Waals surface area contributed by atoms with Crippen LogP contribution in [0.2, 0.25) is 0 Å². The van der Waals surface area contributed by atoms with Crippen LogP contribution in [-0.4, -0.2) is 6.54 Å². The van der Waals surface area contributed by atoms with Crippen molar-refractivity contribution < 1.29 is 0 Å². The average molecular weight is 265 g/mol. The lowest BCUT2D eigenvalue weighted by Crippen LogP contribution is -2.18. The minimum absolute atomic E-state index is 0.542. The van der Waals surface area contributed by atoms with Gasteiger partial charge in [0, 0.05) is 6.04 Å². The maximum absolute atomic E-state index is 3.60. The number of rotatable bonds is 3. The molecule has 104 valence electrons. The molecule has 3 rings (SSSR count). The molecule has 2 aromatic rings. The molecule has 0 radical (unpaired) electrons. The molecule has 0 heterocycles. The molecular formula is C19H23N. The molecule has 0 saturated carbocycles. The second kappa shape index (κ2) is 5.41. The zero-order valence-electron chi connectivity index (χ0n) is 12.7. The minimum Gasteiger partial charge on any atom is -0.310 e. The third-order valence-electron chi connectivity index (χ3n) is 4.25. The van der Waals surface area contributed by atoms with Gasteiger partial charge in [-0.15, -0.1) is 0 Å². The lowest BCUT2D eigenvalue weighted by molar-refractivity contribution is 0.549. The Bertz CT molecular complexity index is 607. The molecule has 0 bridgehead atoms. The summed E-state index contributed by atoms with van der Waals surface area (Å²) in [6, 6.07) is 14.2. The van der Waals surface area contributed by atoms with E-state index in [2.05, 4.69) is 62.5 Å². The van der Waals surface area contributed by atoms with Crippen molar-refractivity contribution in [1.82, 2.24) is 5.32 Å². The Labute approximate surface area is 122 Å². The van der Waals surface area contributed by atoms with E-state index in [1.165, 1.54) is 40.7 Å². The fraction of sp³-hybridized carbons (Fsp3) is 0.368. The van der Waals surface area contributed by atoms with Crippen LogP contribution in [0.15, 0.2) is 36.4 Å². The Balaban J connectivity index is 2.08. The molecule has 1 nitrogen and oxygen atoms in total. The molecule has 0 aromatic heterocycles. The van der Waals surface area contributed by atoms with Gasteiger partial charge >= 0.3 is 0 Å². The number of hydrogen-bond donors (Lipinski definition) is 1. The maximum atomic E-state index is 3.60. The van der Waals surface area contributed by atoms with Gasteiger partial charge in [-0.25, -0.2) is 0 Å². The van der Waals surface area contributed by atoms with Gasteiger partial charge in [-0.05, 0) is 55.5 Å². The first-order valence-electron chi connectivity index (χ1n) is 7.63. The highest BCUT2D eigenvalue weighted by atomic mass is 14.9. The van der Waals surface area contributed by atoms with Crippen LogP contribution in [-0.2, 0) is 6.42 Å². The van der Waals surface area contributed by atoms with Gasteiger partial charge in [-0.3, -0.25) is 0 Å². The van der Waals surface area contributed by atoms with E-state index in [1.54, 1.807) is 5.56 Å². The minimum atomic E-state index is 0.542. The quantitative estimate of drug-likeness (QED) is 0.857. The van der Waals surface area contributed by atoms with Crippen molar-refractivity contribution in [2.75, 3.05) is 6.54 Å². The monoisotopic (exact) mass is 265 g/mol. The SMILES string of the molecule is CCNC1CCc2c(-c3cc(C)cc(C)c3)cccc21. The van der Waals surface area contributed by atoms with Gasteiger partial charge in [0.2, 0.25) is 0 Å². The van der Waals surface area contributed by atoms with Crippen molar-refractivity contribution in [3.63, 3.8) is 0 Å². The summed E-state index contributed by atoms with van der Waals surface area (Å²) in [5, 5.41) is 3.60. The Morgan fingerprint density at radius 3 is 2.55 bits per heavy atom. The van der Waals surface area contributed by atoms with Crippen molar-refractivity contribution in [1.29, 1.82) is 0 Å². The molecule has 1 atom stereocenters. The molecule has 0 saturated heterocycles. The van der Waals surface area contributed by atoms with Gasteiger partial charge in [0.15, 0.2) is 0 Å². The van der Waals surface area contributed by atoms with Gasteiger partial charge in [0.1, 0.15) is 0 Å². The van der Waals surface area contributed by atoms with Gasteiger partial charge in [0.25, 0.3) is 0 Å². The zero-order valence-corrected chi connectivity index (χ0v) is 12.7.